The zero-order valence-corrected chi connectivity index (χ0v) is 34.9. The van der Waals surface area contributed by atoms with Gasteiger partial charge in [-0.3, -0.25) is 0 Å². The van der Waals surface area contributed by atoms with Crippen LogP contribution in [0.1, 0.15) is 0 Å². The van der Waals surface area contributed by atoms with Crippen molar-refractivity contribution >= 4 is 63.3 Å². The molecule has 6 heteroatoms. The van der Waals surface area contributed by atoms with Crippen LogP contribution in [-0.2, 0) is 0 Å². The quantitative estimate of drug-likeness (QED) is 0.161. The van der Waals surface area contributed by atoms with Gasteiger partial charge in [0, 0.05) is 53.2 Å². The smallest absolute Gasteiger partial charge is 0.161 e. The molecular weight excluding hydrogens is 793 g/mol. The molecule has 0 saturated heterocycles. The Labute approximate surface area is 366 Å². The van der Waals surface area contributed by atoms with Gasteiger partial charge in [0.2, 0.25) is 0 Å². The third-order valence-corrected chi connectivity index (χ3v) is 13.7. The number of nitrogens with zero attached hydrogens (tertiary/aromatic N) is 4. The van der Waals surface area contributed by atoms with E-state index < -0.39 is 0 Å². The molecule has 0 aliphatic carbocycles. The molecule has 0 N–H and O–H groups in total. The summed E-state index contributed by atoms with van der Waals surface area (Å²) in [5, 5.41) is 4.56. The molecule has 0 amide bonds. The molecule has 0 fully saturated rings. The van der Waals surface area contributed by atoms with E-state index in [4.69, 9.17) is 19.9 Å². The van der Waals surface area contributed by atoms with E-state index in [1.807, 2.05) is 0 Å². The Morgan fingerprint density at radius 2 is 0.597 bits per heavy atom. The van der Waals surface area contributed by atoms with Gasteiger partial charge in [-0.05, 0) is 57.6 Å². The van der Waals surface area contributed by atoms with Crippen LogP contribution in [0.25, 0.3) is 119 Å². The number of hydrogen-bond acceptors (Lipinski definition) is 6. The predicted octanol–water partition coefficient (Wildman–Crippen LogP) is 15.7. The lowest BCUT2D eigenvalue weighted by Gasteiger charge is -2.11. The Bertz CT molecular complexity index is 3370. The van der Waals surface area contributed by atoms with E-state index in [-0.39, 0.29) is 0 Å². The van der Waals surface area contributed by atoms with Crippen LogP contribution in [0.5, 0.6) is 0 Å². The number of rotatable bonds is 7. The second kappa shape index (κ2) is 15.1. The maximum atomic E-state index is 5.31. The lowest BCUT2D eigenvalue weighted by molar-refractivity contribution is 1.24. The third kappa shape index (κ3) is 6.45. The highest BCUT2D eigenvalue weighted by molar-refractivity contribution is 7.26. The van der Waals surface area contributed by atoms with Crippen LogP contribution in [0.15, 0.2) is 206 Å². The van der Waals surface area contributed by atoms with Gasteiger partial charge in [-0.1, -0.05) is 182 Å². The summed E-state index contributed by atoms with van der Waals surface area (Å²) in [6.07, 6.45) is 0. The summed E-state index contributed by atoms with van der Waals surface area (Å²) in [4.78, 5) is 22.9. The molecule has 0 bridgehead atoms. The molecule has 290 valence electrons. The van der Waals surface area contributed by atoms with Crippen molar-refractivity contribution in [2.75, 3.05) is 0 Å². The standard InChI is InChI=1S/C56H34N4S2/c1-3-13-35(14-4-1)41-17-11-19-43(33-41)51-49-45-21-7-9-23-47(45)61-55(49)59-53(57-51)39-29-25-37(26-30-39)38-27-31-40(32-28-38)54-58-52(50-46-22-8-10-24-48(46)62-56(50)60-54)44-20-12-18-42(34-44)36-15-5-2-6-16-36/h1-34H. The van der Waals surface area contributed by atoms with Gasteiger partial charge in [-0.15, -0.1) is 22.7 Å². The molecule has 0 unspecified atom stereocenters. The topological polar surface area (TPSA) is 51.6 Å². The van der Waals surface area contributed by atoms with Crippen LogP contribution in [0.2, 0.25) is 0 Å². The summed E-state index contributed by atoms with van der Waals surface area (Å²) in [5.41, 5.74) is 12.9. The molecule has 0 radical (unpaired) electrons. The lowest BCUT2D eigenvalue weighted by atomic mass is 9.99. The van der Waals surface area contributed by atoms with Crippen LogP contribution in [0.3, 0.4) is 0 Å². The fourth-order valence-corrected chi connectivity index (χ4v) is 10.7. The Morgan fingerprint density at radius 1 is 0.258 bits per heavy atom. The van der Waals surface area contributed by atoms with Crippen molar-refractivity contribution in [3.63, 3.8) is 0 Å². The van der Waals surface area contributed by atoms with Gasteiger partial charge in [-0.25, -0.2) is 19.9 Å². The van der Waals surface area contributed by atoms with Crippen molar-refractivity contribution in [1.82, 2.24) is 19.9 Å². The minimum Gasteiger partial charge on any atom is -0.227 e. The SMILES string of the molecule is c1ccc(-c2cccc(-c3nc(-c4ccc(-c5ccc(-c6nc(-c7cccc(-c8ccccc8)c7)c7c(n6)sc6ccccc67)cc5)cc4)nc4sc5ccccc5c34)c2)cc1. The van der Waals surface area contributed by atoms with E-state index in [0.717, 1.165) is 76.3 Å². The van der Waals surface area contributed by atoms with Gasteiger partial charge in [0.05, 0.1) is 11.4 Å². The first-order chi connectivity index (χ1) is 30.7. The summed E-state index contributed by atoms with van der Waals surface area (Å²) >= 11 is 3.44. The molecule has 62 heavy (non-hydrogen) atoms. The Kier molecular flexibility index (Phi) is 8.84. The third-order valence-electron chi connectivity index (χ3n) is 11.6. The number of thiophene rings is 2. The van der Waals surface area contributed by atoms with E-state index >= 15 is 0 Å². The number of benzene rings is 8. The highest BCUT2D eigenvalue weighted by atomic mass is 32.1. The van der Waals surface area contributed by atoms with Crippen LogP contribution < -0.4 is 0 Å². The van der Waals surface area contributed by atoms with E-state index in [1.165, 1.54) is 31.3 Å². The maximum Gasteiger partial charge on any atom is 0.161 e. The van der Waals surface area contributed by atoms with E-state index in [9.17, 15) is 0 Å². The average Bonchev–Trinajstić information content (AvgIpc) is 3.93. The van der Waals surface area contributed by atoms with Gasteiger partial charge in [0.1, 0.15) is 9.66 Å². The molecule has 0 atom stereocenters. The first-order valence-electron chi connectivity index (χ1n) is 20.6. The first kappa shape index (κ1) is 36.2. The number of hydrogen-bond donors (Lipinski definition) is 0. The molecule has 0 aliphatic heterocycles. The maximum absolute atomic E-state index is 5.31. The van der Waals surface area contributed by atoms with Crippen molar-refractivity contribution < 1.29 is 0 Å². The predicted molar refractivity (Wildman–Crippen MR) is 261 cm³/mol. The normalized spacial score (nSPS) is 11.5. The summed E-state index contributed by atoms with van der Waals surface area (Å²) in [7, 11) is 0. The molecule has 0 spiro atoms. The summed E-state index contributed by atoms with van der Waals surface area (Å²) in [5.74, 6) is 1.43. The van der Waals surface area contributed by atoms with Gasteiger partial charge in [-0.2, -0.15) is 0 Å². The molecule has 12 aromatic rings. The van der Waals surface area contributed by atoms with Gasteiger partial charge < -0.3 is 0 Å². The Hall–Kier alpha value is -7.64. The minimum absolute atomic E-state index is 0.713. The van der Waals surface area contributed by atoms with Crippen LogP contribution in [0, 0.1) is 0 Å². The van der Waals surface area contributed by atoms with E-state index in [2.05, 4.69) is 206 Å². The Morgan fingerprint density at radius 3 is 1.03 bits per heavy atom. The highest BCUT2D eigenvalue weighted by Gasteiger charge is 2.19. The van der Waals surface area contributed by atoms with Crippen LogP contribution in [0.4, 0.5) is 0 Å². The second-order valence-corrected chi connectivity index (χ2v) is 17.5. The van der Waals surface area contributed by atoms with Crippen molar-refractivity contribution in [2.24, 2.45) is 0 Å². The molecule has 4 aromatic heterocycles. The molecule has 4 nitrogen and oxygen atoms in total. The van der Waals surface area contributed by atoms with Crippen molar-refractivity contribution in [1.29, 1.82) is 0 Å². The minimum atomic E-state index is 0.713. The summed E-state index contributed by atoms with van der Waals surface area (Å²) in [6.45, 7) is 0. The van der Waals surface area contributed by atoms with Gasteiger partial charge in [0.15, 0.2) is 11.6 Å². The average molecular weight is 827 g/mol. The van der Waals surface area contributed by atoms with Gasteiger partial charge in [0.25, 0.3) is 0 Å². The zero-order valence-electron chi connectivity index (χ0n) is 33.2. The number of aromatic nitrogens is 4. The molecular formula is C56H34N4S2. The zero-order chi connectivity index (χ0) is 41.0. The van der Waals surface area contributed by atoms with Crippen molar-refractivity contribution in [3.05, 3.63) is 206 Å². The van der Waals surface area contributed by atoms with Crippen LogP contribution >= 0.6 is 22.7 Å². The second-order valence-electron chi connectivity index (χ2n) is 15.4. The first-order valence-corrected chi connectivity index (χ1v) is 22.2. The fraction of sp³-hybridized carbons (Fsp3) is 0. The number of fused-ring (bicyclic) bond motifs is 6. The molecule has 0 saturated carbocycles. The van der Waals surface area contributed by atoms with Gasteiger partial charge >= 0.3 is 0 Å². The van der Waals surface area contributed by atoms with Crippen molar-refractivity contribution in [2.45, 2.75) is 0 Å². The van der Waals surface area contributed by atoms with E-state index in [1.54, 1.807) is 22.7 Å². The lowest BCUT2D eigenvalue weighted by Crippen LogP contribution is -1.94. The van der Waals surface area contributed by atoms with E-state index in [0.29, 0.717) is 11.6 Å². The largest absolute Gasteiger partial charge is 0.227 e. The molecule has 12 rings (SSSR count). The van der Waals surface area contributed by atoms with Crippen molar-refractivity contribution in [3.8, 4) is 78.7 Å². The summed E-state index contributed by atoms with van der Waals surface area (Å²) in [6, 6.07) is 72.7. The molecule has 8 aromatic carbocycles. The fourth-order valence-electron chi connectivity index (χ4n) is 8.50. The summed E-state index contributed by atoms with van der Waals surface area (Å²) < 4.78 is 2.41. The molecule has 0 aliphatic rings. The van der Waals surface area contributed by atoms with Crippen LogP contribution in [-0.4, -0.2) is 19.9 Å². The highest BCUT2D eigenvalue weighted by Crippen LogP contribution is 2.42. The Balaban J connectivity index is 0.898. The molecule has 4 heterocycles. The monoisotopic (exact) mass is 826 g/mol.